The van der Waals surface area contributed by atoms with E-state index in [0.29, 0.717) is 24.2 Å². The van der Waals surface area contributed by atoms with Gasteiger partial charge in [-0.2, -0.15) is 9.71 Å². The number of nitrogens with zero attached hydrogens (tertiary/aromatic N) is 3. The second kappa shape index (κ2) is 5.55. The molecule has 1 saturated carbocycles. The molecule has 0 aliphatic heterocycles. The first kappa shape index (κ1) is 13.6. The Morgan fingerprint density at radius 2 is 2.19 bits per heavy atom. The number of aryl methyl sites for hydroxylation is 1. The topological polar surface area (TPSA) is 66.2 Å². The molecule has 1 aliphatic rings. The van der Waals surface area contributed by atoms with Gasteiger partial charge >= 0.3 is 0 Å². The predicted octanol–water partition coefficient (Wildman–Crippen LogP) is 1.46. The molecular weight excluding hydrogens is 270 g/mol. The highest BCUT2D eigenvalue weighted by molar-refractivity contribution is 5.66. The van der Waals surface area contributed by atoms with Gasteiger partial charge in [0, 0.05) is 17.8 Å². The molecule has 1 fully saturated rings. The van der Waals surface area contributed by atoms with E-state index in [4.69, 9.17) is 9.57 Å². The summed E-state index contributed by atoms with van der Waals surface area (Å²) >= 11 is 0. The maximum atomic E-state index is 11.6. The fraction of sp³-hybridized carbons (Fsp3) is 0.400. The minimum absolute atomic E-state index is 0.227. The van der Waals surface area contributed by atoms with Crippen molar-refractivity contribution in [2.24, 2.45) is 5.92 Å². The minimum Gasteiger partial charge on any atom is -0.477 e. The van der Waals surface area contributed by atoms with E-state index in [0.717, 1.165) is 11.1 Å². The molecule has 6 nitrogen and oxygen atoms in total. The highest BCUT2D eigenvalue weighted by Gasteiger charge is 2.23. The first-order chi connectivity index (χ1) is 10.2. The Morgan fingerprint density at radius 1 is 1.38 bits per heavy atom. The van der Waals surface area contributed by atoms with E-state index in [1.807, 2.05) is 6.92 Å². The van der Waals surface area contributed by atoms with E-state index >= 15 is 0 Å². The van der Waals surface area contributed by atoms with Crippen molar-refractivity contribution in [3.8, 4) is 17.0 Å². The Balaban J connectivity index is 1.97. The molecule has 0 unspecified atom stereocenters. The van der Waals surface area contributed by atoms with Crippen LogP contribution in [0.5, 0.6) is 5.88 Å². The van der Waals surface area contributed by atoms with Crippen molar-refractivity contribution >= 4 is 0 Å². The number of hydrogen-bond donors (Lipinski definition) is 0. The predicted molar refractivity (Wildman–Crippen MR) is 77.2 cm³/mol. The second-order valence-corrected chi connectivity index (χ2v) is 5.15. The molecule has 2 heterocycles. The lowest BCUT2D eigenvalue weighted by atomic mass is 10.1. The maximum absolute atomic E-state index is 11.6. The zero-order valence-corrected chi connectivity index (χ0v) is 12.1. The van der Waals surface area contributed by atoms with Crippen LogP contribution in [0.15, 0.2) is 29.3 Å². The Morgan fingerprint density at radius 3 is 2.90 bits per heavy atom. The monoisotopic (exact) mass is 287 g/mol. The zero-order valence-electron chi connectivity index (χ0n) is 12.1. The van der Waals surface area contributed by atoms with Gasteiger partial charge in [0.15, 0.2) is 0 Å². The van der Waals surface area contributed by atoms with Crippen LogP contribution in [-0.4, -0.2) is 28.4 Å². The smallest absolute Gasteiger partial charge is 0.282 e. The van der Waals surface area contributed by atoms with Crippen molar-refractivity contribution in [2.75, 3.05) is 13.7 Å². The van der Waals surface area contributed by atoms with Crippen molar-refractivity contribution < 1.29 is 9.57 Å². The summed E-state index contributed by atoms with van der Waals surface area (Å²) in [6, 6.07) is 3.17. The van der Waals surface area contributed by atoms with Crippen LogP contribution in [0.1, 0.15) is 18.7 Å². The molecular formula is C15H17N3O3. The number of ether oxygens (including phenoxy) is 1. The van der Waals surface area contributed by atoms with E-state index in [9.17, 15) is 4.79 Å². The molecule has 1 aliphatic carbocycles. The van der Waals surface area contributed by atoms with Crippen LogP contribution >= 0.6 is 0 Å². The van der Waals surface area contributed by atoms with E-state index in [-0.39, 0.29) is 5.56 Å². The van der Waals surface area contributed by atoms with Crippen LogP contribution in [-0.2, 0) is 0 Å². The lowest BCUT2D eigenvalue weighted by Gasteiger charge is -2.11. The van der Waals surface area contributed by atoms with Crippen molar-refractivity contribution in [3.63, 3.8) is 0 Å². The summed E-state index contributed by atoms with van der Waals surface area (Å²) < 4.78 is 6.99. The Hall–Kier alpha value is -2.37. The van der Waals surface area contributed by atoms with Gasteiger partial charge in [0.25, 0.3) is 5.56 Å². The fourth-order valence-corrected chi connectivity index (χ4v) is 2.01. The number of rotatable bonds is 5. The minimum atomic E-state index is -0.227. The Bertz CT molecular complexity index is 708. The summed E-state index contributed by atoms with van der Waals surface area (Å²) in [6.45, 7) is 2.50. The second-order valence-electron chi connectivity index (χ2n) is 5.15. The summed E-state index contributed by atoms with van der Waals surface area (Å²) in [5.41, 5.74) is 1.31. The number of pyridine rings is 1. The fourth-order valence-electron chi connectivity index (χ4n) is 2.01. The lowest BCUT2D eigenvalue weighted by molar-refractivity contribution is 0.157. The molecule has 2 aromatic heterocycles. The van der Waals surface area contributed by atoms with Crippen LogP contribution in [0.3, 0.4) is 0 Å². The van der Waals surface area contributed by atoms with Crippen LogP contribution in [0, 0.1) is 12.8 Å². The van der Waals surface area contributed by atoms with E-state index in [1.54, 1.807) is 18.5 Å². The largest absolute Gasteiger partial charge is 0.477 e. The molecule has 3 rings (SSSR count). The summed E-state index contributed by atoms with van der Waals surface area (Å²) in [5, 5.41) is 0. The van der Waals surface area contributed by atoms with Gasteiger partial charge in [-0.25, -0.2) is 4.98 Å². The van der Waals surface area contributed by atoms with Gasteiger partial charge in [-0.05, 0) is 31.7 Å². The molecule has 110 valence electrons. The van der Waals surface area contributed by atoms with Gasteiger partial charge in [-0.1, -0.05) is 0 Å². The van der Waals surface area contributed by atoms with E-state index in [2.05, 4.69) is 9.97 Å². The summed E-state index contributed by atoms with van der Waals surface area (Å²) in [4.78, 5) is 25.2. The third-order valence-corrected chi connectivity index (χ3v) is 3.41. The maximum Gasteiger partial charge on any atom is 0.282 e. The molecule has 0 saturated heterocycles. The third kappa shape index (κ3) is 3.04. The lowest BCUT2D eigenvalue weighted by Crippen LogP contribution is -2.23. The SMILES string of the molecule is COn1cc(-c2cnc(C)nc2OCC2CC2)ccc1=O. The van der Waals surface area contributed by atoms with Crippen molar-refractivity contribution in [2.45, 2.75) is 19.8 Å². The molecule has 0 radical (unpaired) electrons. The van der Waals surface area contributed by atoms with E-state index in [1.165, 1.54) is 30.7 Å². The first-order valence-electron chi connectivity index (χ1n) is 6.91. The van der Waals surface area contributed by atoms with E-state index < -0.39 is 0 Å². The average molecular weight is 287 g/mol. The summed E-state index contributed by atoms with van der Waals surface area (Å²) in [7, 11) is 1.45. The normalized spacial score (nSPS) is 14.0. The van der Waals surface area contributed by atoms with Gasteiger partial charge in [-0.15, -0.1) is 0 Å². The number of hydrogen-bond acceptors (Lipinski definition) is 5. The molecule has 0 bridgehead atoms. The van der Waals surface area contributed by atoms with Crippen LogP contribution in [0.2, 0.25) is 0 Å². The average Bonchev–Trinajstić information content (AvgIpc) is 3.30. The Labute approximate surface area is 122 Å². The Kier molecular flexibility index (Phi) is 3.60. The van der Waals surface area contributed by atoms with Crippen molar-refractivity contribution in [1.82, 2.24) is 14.7 Å². The molecule has 0 N–H and O–H groups in total. The van der Waals surface area contributed by atoms with Gasteiger partial charge in [0.2, 0.25) is 5.88 Å². The molecule has 0 spiro atoms. The third-order valence-electron chi connectivity index (χ3n) is 3.41. The molecule has 6 heteroatoms. The molecule has 0 atom stereocenters. The summed E-state index contributed by atoms with van der Waals surface area (Å²) in [6.07, 6.45) is 5.76. The van der Waals surface area contributed by atoms with Crippen LogP contribution in [0.25, 0.3) is 11.1 Å². The van der Waals surface area contributed by atoms with Gasteiger partial charge in [-0.3, -0.25) is 4.79 Å². The quantitative estimate of drug-likeness (QED) is 0.833. The van der Waals surface area contributed by atoms with Gasteiger partial charge < -0.3 is 9.57 Å². The summed E-state index contributed by atoms with van der Waals surface area (Å²) in [5.74, 6) is 1.85. The van der Waals surface area contributed by atoms with Crippen molar-refractivity contribution in [1.29, 1.82) is 0 Å². The molecule has 21 heavy (non-hydrogen) atoms. The van der Waals surface area contributed by atoms with Crippen molar-refractivity contribution in [3.05, 3.63) is 40.7 Å². The van der Waals surface area contributed by atoms with Crippen LogP contribution in [0.4, 0.5) is 0 Å². The van der Waals surface area contributed by atoms with Gasteiger partial charge in [0.1, 0.15) is 12.9 Å². The number of aromatic nitrogens is 3. The standard InChI is InChI=1S/C15H17N3O3/c1-10-16-7-13(15(17-10)21-9-11-3-4-11)12-5-6-14(19)18(8-12)20-2/h5-8,11H,3-4,9H2,1-2H3. The molecule has 2 aromatic rings. The molecule has 0 amide bonds. The highest BCUT2D eigenvalue weighted by atomic mass is 16.6. The highest BCUT2D eigenvalue weighted by Crippen LogP contribution is 2.32. The molecule has 0 aromatic carbocycles. The van der Waals surface area contributed by atoms with Gasteiger partial charge in [0.05, 0.1) is 18.4 Å². The first-order valence-corrected chi connectivity index (χ1v) is 6.91. The zero-order chi connectivity index (χ0) is 14.8. The van der Waals surface area contributed by atoms with Crippen LogP contribution < -0.4 is 15.1 Å².